The first-order chi connectivity index (χ1) is 10.6. The molecular formula is C14H13FN6S. The van der Waals surface area contributed by atoms with Crippen molar-refractivity contribution in [2.45, 2.75) is 13.8 Å². The van der Waals surface area contributed by atoms with Gasteiger partial charge in [-0.2, -0.15) is 20.0 Å². The van der Waals surface area contributed by atoms with Crippen LogP contribution in [0.4, 0.5) is 4.39 Å². The minimum Gasteiger partial charge on any atom is -0.250 e. The van der Waals surface area contributed by atoms with Gasteiger partial charge in [-0.3, -0.25) is 5.10 Å². The summed E-state index contributed by atoms with van der Waals surface area (Å²) in [7, 11) is 0. The van der Waals surface area contributed by atoms with Gasteiger partial charge in [0.05, 0.1) is 23.3 Å². The second-order valence-electron chi connectivity index (χ2n) is 4.72. The number of hydrogen-bond donors (Lipinski definition) is 1. The molecule has 22 heavy (non-hydrogen) atoms. The summed E-state index contributed by atoms with van der Waals surface area (Å²) < 4.78 is 16.7. The van der Waals surface area contributed by atoms with Crippen LogP contribution in [0.3, 0.4) is 0 Å². The molecule has 6 nitrogen and oxygen atoms in total. The van der Waals surface area contributed by atoms with Crippen LogP contribution in [0, 0.1) is 24.4 Å². The van der Waals surface area contributed by atoms with Gasteiger partial charge in [0.1, 0.15) is 12.1 Å². The lowest BCUT2D eigenvalue weighted by Crippen LogP contribution is -1.99. The van der Waals surface area contributed by atoms with Gasteiger partial charge < -0.3 is 0 Å². The standard InChI is InChI=1S/C14H13FN6S/c1-9-13(7-17-20-8-16-18-14(20)22)10(2)21(19-9)12-5-3-11(15)4-6-12/h3-8H,1-2H3,(H,18,22)/b17-7+. The van der Waals surface area contributed by atoms with Gasteiger partial charge in [0.25, 0.3) is 0 Å². The monoisotopic (exact) mass is 316 g/mol. The van der Waals surface area contributed by atoms with E-state index in [-0.39, 0.29) is 5.82 Å². The molecule has 0 spiro atoms. The molecule has 8 heteroatoms. The molecule has 0 aliphatic rings. The summed E-state index contributed by atoms with van der Waals surface area (Å²) in [6, 6.07) is 6.18. The predicted octanol–water partition coefficient (Wildman–Crippen LogP) is 2.76. The Morgan fingerprint density at radius 3 is 2.64 bits per heavy atom. The quantitative estimate of drug-likeness (QED) is 0.597. The number of hydrogen-bond acceptors (Lipinski definition) is 4. The number of nitrogens with zero attached hydrogens (tertiary/aromatic N) is 5. The zero-order valence-electron chi connectivity index (χ0n) is 12.0. The summed E-state index contributed by atoms with van der Waals surface area (Å²) >= 11 is 5.04. The maximum atomic E-state index is 13.0. The Kier molecular flexibility index (Phi) is 3.68. The number of aromatic amines is 1. The van der Waals surface area contributed by atoms with E-state index in [1.165, 1.54) is 23.1 Å². The zero-order valence-corrected chi connectivity index (χ0v) is 12.8. The lowest BCUT2D eigenvalue weighted by Gasteiger charge is -2.04. The highest BCUT2D eigenvalue weighted by atomic mass is 32.1. The van der Waals surface area contributed by atoms with Crippen molar-refractivity contribution in [1.82, 2.24) is 24.7 Å². The molecule has 0 amide bonds. The second kappa shape index (κ2) is 5.64. The Morgan fingerprint density at radius 1 is 1.27 bits per heavy atom. The molecular weight excluding hydrogens is 303 g/mol. The molecule has 0 saturated heterocycles. The van der Waals surface area contributed by atoms with E-state index >= 15 is 0 Å². The van der Waals surface area contributed by atoms with Gasteiger partial charge in [-0.1, -0.05) is 0 Å². The fourth-order valence-corrected chi connectivity index (χ4v) is 2.27. The molecule has 0 aliphatic carbocycles. The highest BCUT2D eigenvalue weighted by Crippen LogP contribution is 2.16. The minimum absolute atomic E-state index is 0.276. The molecule has 0 bridgehead atoms. The number of benzene rings is 1. The van der Waals surface area contributed by atoms with Crippen LogP contribution >= 0.6 is 12.2 Å². The fraction of sp³-hybridized carbons (Fsp3) is 0.143. The molecule has 0 fully saturated rings. The van der Waals surface area contributed by atoms with Crippen LogP contribution in [-0.2, 0) is 0 Å². The average molecular weight is 316 g/mol. The summed E-state index contributed by atoms with van der Waals surface area (Å²) in [5, 5.41) is 15.2. The number of halogens is 1. The van der Waals surface area contributed by atoms with Gasteiger partial charge in [0.15, 0.2) is 0 Å². The van der Waals surface area contributed by atoms with Gasteiger partial charge in [0.2, 0.25) is 4.77 Å². The third-order valence-electron chi connectivity index (χ3n) is 3.27. The molecule has 3 rings (SSSR count). The van der Waals surface area contributed by atoms with Gasteiger partial charge in [0, 0.05) is 5.56 Å². The molecule has 0 unspecified atom stereocenters. The van der Waals surface area contributed by atoms with Crippen molar-refractivity contribution in [3.05, 3.63) is 58.1 Å². The molecule has 2 aromatic heterocycles. The van der Waals surface area contributed by atoms with Crippen molar-refractivity contribution in [3.8, 4) is 5.69 Å². The van der Waals surface area contributed by atoms with Gasteiger partial charge in [-0.25, -0.2) is 9.07 Å². The molecule has 112 valence electrons. The van der Waals surface area contributed by atoms with Crippen molar-refractivity contribution in [2.24, 2.45) is 5.10 Å². The van der Waals surface area contributed by atoms with Crippen LogP contribution in [0.15, 0.2) is 35.7 Å². The smallest absolute Gasteiger partial charge is 0.216 e. The van der Waals surface area contributed by atoms with E-state index in [2.05, 4.69) is 20.4 Å². The molecule has 2 heterocycles. The molecule has 0 saturated carbocycles. The molecule has 0 atom stereocenters. The average Bonchev–Trinajstić information content (AvgIpc) is 3.02. The van der Waals surface area contributed by atoms with Gasteiger partial charge >= 0.3 is 0 Å². The van der Waals surface area contributed by atoms with E-state index in [0.29, 0.717) is 4.77 Å². The number of H-pyrrole nitrogens is 1. The number of aromatic nitrogens is 5. The second-order valence-corrected chi connectivity index (χ2v) is 5.11. The van der Waals surface area contributed by atoms with E-state index in [1.54, 1.807) is 23.0 Å². The van der Waals surface area contributed by atoms with Crippen LogP contribution in [0.1, 0.15) is 17.0 Å². The first kappa shape index (κ1) is 14.3. The molecule has 3 aromatic rings. The van der Waals surface area contributed by atoms with Crippen LogP contribution in [0.2, 0.25) is 0 Å². The van der Waals surface area contributed by atoms with Crippen molar-refractivity contribution in [2.75, 3.05) is 0 Å². The third-order valence-corrected chi connectivity index (χ3v) is 3.54. The summed E-state index contributed by atoms with van der Waals surface area (Å²) in [6.07, 6.45) is 3.18. The maximum Gasteiger partial charge on any atom is 0.216 e. The predicted molar refractivity (Wildman–Crippen MR) is 83.4 cm³/mol. The van der Waals surface area contributed by atoms with Crippen molar-refractivity contribution < 1.29 is 4.39 Å². The number of rotatable bonds is 3. The van der Waals surface area contributed by atoms with Crippen molar-refractivity contribution in [3.63, 3.8) is 0 Å². The van der Waals surface area contributed by atoms with Crippen molar-refractivity contribution >= 4 is 18.4 Å². The largest absolute Gasteiger partial charge is 0.250 e. The Morgan fingerprint density at radius 2 is 2.00 bits per heavy atom. The Labute approximate surface area is 130 Å². The fourth-order valence-electron chi connectivity index (χ4n) is 2.12. The van der Waals surface area contributed by atoms with E-state index in [0.717, 1.165) is 22.6 Å². The Balaban J connectivity index is 2.00. The minimum atomic E-state index is -0.276. The Hall–Kier alpha value is -2.61. The highest BCUT2D eigenvalue weighted by Gasteiger charge is 2.11. The first-order valence-electron chi connectivity index (χ1n) is 6.55. The van der Waals surface area contributed by atoms with E-state index < -0.39 is 0 Å². The number of aryl methyl sites for hydroxylation is 1. The van der Waals surface area contributed by atoms with E-state index in [9.17, 15) is 4.39 Å². The van der Waals surface area contributed by atoms with Crippen LogP contribution in [0.25, 0.3) is 5.69 Å². The van der Waals surface area contributed by atoms with E-state index in [4.69, 9.17) is 12.2 Å². The third kappa shape index (κ3) is 2.60. The molecule has 0 aliphatic heterocycles. The van der Waals surface area contributed by atoms with Crippen LogP contribution in [0.5, 0.6) is 0 Å². The van der Waals surface area contributed by atoms with Crippen LogP contribution in [-0.4, -0.2) is 30.9 Å². The summed E-state index contributed by atoms with van der Waals surface area (Å²) in [5.41, 5.74) is 3.40. The lowest BCUT2D eigenvalue weighted by molar-refractivity contribution is 0.627. The van der Waals surface area contributed by atoms with Gasteiger partial charge in [-0.15, -0.1) is 0 Å². The van der Waals surface area contributed by atoms with Crippen molar-refractivity contribution in [1.29, 1.82) is 0 Å². The first-order valence-corrected chi connectivity index (χ1v) is 6.95. The molecule has 1 N–H and O–H groups in total. The topological polar surface area (TPSA) is 63.8 Å². The maximum absolute atomic E-state index is 13.0. The summed E-state index contributed by atoms with van der Waals surface area (Å²) in [6.45, 7) is 3.82. The lowest BCUT2D eigenvalue weighted by atomic mass is 10.2. The molecule has 1 aromatic carbocycles. The number of nitrogens with one attached hydrogen (secondary N) is 1. The normalized spacial score (nSPS) is 11.4. The SMILES string of the molecule is Cc1nn(-c2ccc(F)cc2)c(C)c1/C=N/n1cn[nH]c1=S. The summed E-state index contributed by atoms with van der Waals surface area (Å²) in [5.74, 6) is -0.276. The van der Waals surface area contributed by atoms with Gasteiger partial charge in [-0.05, 0) is 50.3 Å². The summed E-state index contributed by atoms with van der Waals surface area (Å²) in [4.78, 5) is 0. The zero-order chi connectivity index (χ0) is 15.7. The van der Waals surface area contributed by atoms with Crippen LogP contribution < -0.4 is 0 Å². The highest BCUT2D eigenvalue weighted by molar-refractivity contribution is 7.71. The van der Waals surface area contributed by atoms with E-state index in [1.807, 2.05) is 13.8 Å². The Bertz CT molecular complexity index is 887. The molecule has 0 radical (unpaired) electrons.